The monoisotopic (exact) mass is 410 g/mol. The molecule has 0 saturated carbocycles. The summed E-state index contributed by atoms with van der Waals surface area (Å²) in [6.45, 7) is 10.0. The lowest BCUT2D eigenvalue weighted by Gasteiger charge is -2.19. The number of amides is 2. The smallest absolute Gasteiger partial charge is 0.308 e. The molecule has 0 unspecified atom stereocenters. The maximum Gasteiger partial charge on any atom is 0.308 e. The summed E-state index contributed by atoms with van der Waals surface area (Å²) in [4.78, 5) is 35.9. The fourth-order valence-corrected chi connectivity index (χ4v) is 2.74. The summed E-state index contributed by atoms with van der Waals surface area (Å²) in [7, 11) is 0. The van der Waals surface area contributed by atoms with Crippen LogP contribution in [0, 0.1) is 13.8 Å². The van der Waals surface area contributed by atoms with Crippen LogP contribution in [0.4, 0.5) is 5.69 Å². The highest BCUT2D eigenvalue weighted by atomic mass is 16.5. The largest absolute Gasteiger partial charge is 0.456 e. The molecule has 0 saturated heterocycles. The van der Waals surface area contributed by atoms with E-state index in [4.69, 9.17) is 4.74 Å². The van der Waals surface area contributed by atoms with Crippen molar-refractivity contribution in [1.29, 1.82) is 0 Å². The summed E-state index contributed by atoms with van der Waals surface area (Å²) in [6, 6.07) is 13.0. The minimum absolute atomic E-state index is 0.0112. The molecule has 0 atom stereocenters. The van der Waals surface area contributed by atoms with Crippen LogP contribution in [-0.2, 0) is 19.7 Å². The van der Waals surface area contributed by atoms with E-state index >= 15 is 0 Å². The van der Waals surface area contributed by atoms with Crippen LogP contribution in [0.5, 0.6) is 0 Å². The molecule has 0 fully saturated rings. The molecule has 0 radical (unpaired) electrons. The zero-order chi connectivity index (χ0) is 22.3. The topological polar surface area (TPSA) is 84.5 Å². The number of hydrogen-bond acceptors (Lipinski definition) is 4. The Morgan fingerprint density at radius 2 is 1.60 bits per heavy atom. The van der Waals surface area contributed by atoms with Crippen LogP contribution in [0.25, 0.3) is 0 Å². The lowest BCUT2D eigenvalue weighted by Crippen LogP contribution is -2.27. The molecule has 6 heteroatoms. The second kappa shape index (κ2) is 10.1. The van der Waals surface area contributed by atoms with Gasteiger partial charge in [-0.2, -0.15) is 0 Å². The molecule has 2 aromatic carbocycles. The summed E-state index contributed by atoms with van der Waals surface area (Å²) in [5.41, 5.74) is 4.54. The van der Waals surface area contributed by atoms with Crippen LogP contribution in [-0.4, -0.2) is 30.9 Å². The van der Waals surface area contributed by atoms with E-state index in [1.54, 1.807) is 18.2 Å². The van der Waals surface area contributed by atoms with Gasteiger partial charge in [0.2, 0.25) is 0 Å². The zero-order valence-electron chi connectivity index (χ0n) is 18.3. The van der Waals surface area contributed by atoms with Gasteiger partial charge in [-0.1, -0.05) is 39.0 Å². The fraction of sp³-hybridized carbons (Fsp3) is 0.375. The van der Waals surface area contributed by atoms with Gasteiger partial charge in [-0.15, -0.1) is 0 Å². The van der Waals surface area contributed by atoms with Crippen molar-refractivity contribution >= 4 is 23.5 Å². The molecule has 2 rings (SSSR count). The van der Waals surface area contributed by atoms with Gasteiger partial charge < -0.3 is 15.4 Å². The lowest BCUT2D eigenvalue weighted by atomic mass is 9.87. The summed E-state index contributed by atoms with van der Waals surface area (Å²) < 4.78 is 4.97. The van der Waals surface area contributed by atoms with Gasteiger partial charge >= 0.3 is 5.97 Å². The molecule has 2 N–H and O–H groups in total. The lowest BCUT2D eigenvalue weighted by molar-refractivity contribution is -0.147. The Hall–Kier alpha value is -3.15. The minimum Gasteiger partial charge on any atom is -0.456 e. The number of esters is 1. The average Bonchev–Trinajstić information content (AvgIpc) is 2.68. The van der Waals surface area contributed by atoms with Gasteiger partial charge in [-0.05, 0) is 60.2 Å². The van der Waals surface area contributed by atoms with Crippen molar-refractivity contribution in [3.63, 3.8) is 0 Å². The predicted molar refractivity (Wildman–Crippen MR) is 118 cm³/mol. The van der Waals surface area contributed by atoms with Crippen LogP contribution >= 0.6 is 0 Å². The van der Waals surface area contributed by atoms with E-state index in [0.717, 1.165) is 16.7 Å². The summed E-state index contributed by atoms with van der Waals surface area (Å²) >= 11 is 0. The SMILES string of the molecule is Cc1ccc(NC(=O)COC(=O)CCNC(=O)c2ccc(C(C)(C)C)cc2)cc1C. The Kier molecular flexibility index (Phi) is 7.75. The number of rotatable bonds is 7. The van der Waals surface area contributed by atoms with E-state index < -0.39 is 11.9 Å². The predicted octanol–water partition coefficient (Wildman–Crippen LogP) is 3.90. The van der Waals surface area contributed by atoms with Crippen LogP contribution in [0.3, 0.4) is 0 Å². The number of carbonyl (C=O) groups excluding carboxylic acids is 3. The van der Waals surface area contributed by atoms with Crippen molar-refractivity contribution < 1.29 is 19.1 Å². The minimum atomic E-state index is -0.548. The normalized spacial score (nSPS) is 11.0. The molecule has 0 spiro atoms. The highest BCUT2D eigenvalue weighted by Gasteiger charge is 2.14. The Morgan fingerprint density at radius 1 is 0.933 bits per heavy atom. The number of carbonyl (C=O) groups is 3. The van der Waals surface area contributed by atoms with Crippen molar-refractivity contribution in [2.75, 3.05) is 18.5 Å². The molecule has 0 aliphatic rings. The van der Waals surface area contributed by atoms with E-state index in [0.29, 0.717) is 11.3 Å². The van der Waals surface area contributed by atoms with Crippen LogP contribution in [0.15, 0.2) is 42.5 Å². The molecule has 6 nitrogen and oxygen atoms in total. The number of anilines is 1. The highest BCUT2D eigenvalue weighted by Crippen LogP contribution is 2.22. The van der Waals surface area contributed by atoms with Crippen molar-refractivity contribution in [3.05, 3.63) is 64.7 Å². The first-order valence-corrected chi connectivity index (χ1v) is 9.98. The second-order valence-corrected chi connectivity index (χ2v) is 8.34. The number of hydrogen-bond donors (Lipinski definition) is 2. The standard InChI is InChI=1S/C24H30N2O4/c1-16-6-11-20(14-17(16)2)26-21(27)15-30-22(28)12-13-25-23(29)18-7-9-19(10-8-18)24(3,4)5/h6-11,14H,12-13,15H2,1-5H3,(H,25,29)(H,26,27). The van der Waals surface area contributed by atoms with E-state index in [1.807, 2.05) is 38.1 Å². The first-order chi connectivity index (χ1) is 14.1. The first-order valence-electron chi connectivity index (χ1n) is 9.98. The number of nitrogens with one attached hydrogen (secondary N) is 2. The van der Waals surface area contributed by atoms with E-state index in [9.17, 15) is 14.4 Å². The third-order valence-corrected chi connectivity index (χ3v) is 4.78. The van der Waals surface area contributed by atoms with E-state index in [1.165, 1.54) is 0 Å². The highest BCUT2D eigenvalue weighted by molar-refractivity contribution is 5.94. The van der Waals surface area contributed by atoms with Crippen LogP contribution < -0.4 is 10.6 Å². The molecular formula is C24H30N2O4. The summed E-state index contributed by atoms with van der Waals surface area (Å²) in [6.07, 6.45) is -0.0112. The number of benzene rings is 2. The fourth-order valence-electron chi connectivity index (χ4n) is 2.74. The molecule has 2 aromatic rings. The van der Waals surface area contributed by atoms with Gasteiger partial charge in [0.25, 0.3) is 11.8 Å². The van der Waals surface area contributed by atoms with Crippen molar-refractivity contribution in [3.8, 4) is 0 Å². The second-order valence-electron chi connectivity index (χ2n) is 8.34. The Labute approximate surface area is 178 Å². The molecule has 0 aliphatic heterocycles. The van der Waals surface area contributed by atoms with Crippen LogP contribution in [0.1, 0.15) is 54.2 Å². The van der Waals surface area contributed by atoms with Crippen molar-refractivity contribution in [2.45, 2.75) is 46.5 Å². The molecule has 2 amide bonds. The van der Waals surface area contributed by atoms with Gasteiger partial charge in [0, 0.05) is 17.8 Å². The third-order valence-electron chi connectivity index (χ3n) is 4.78. The molecule has 0 heterocycles. The van der Waals surface area contributed by atoms with Gasteiger partial charge in [0.1, 0.15) is 0 Å². The molecule has 0 aliphatic carbocycles. The maximum absolute atomic E-state index is 12.2. The Morgan fingerprint density at radius 3 is 2.20 bits per heavy atom. The first kappa shape index (κ1) is 23.1. The zero-order valence-corrected chi connectivity index (χ0v) is 18.3. The maximum atomic E-state index is 12.2. The van der Waals surface area contributed by atoms with E-state index in [-0.39, 0.29) is 30.9 Å². The van der Waals surface area contributed by atoms with Crippen LogP contribution in [0.2, 0.25) is 0 Å². The number of ether oxygens (including phenoxy) is 1. The quantitative estimate of drug-likeness (QED) is 0.678. The van der Waals surface area contributed by atoms with Gasteiger partial charge in [0.15, 0.2) is 6.61 Å². The van der Waals surface area contributed by atoms with Crippen molar-refractivity contribution in [1.82, 2.24) is 5.32 Å². The molecular weight excluding hydrogens is 380 g/mol. The Bertz CT molecular complexity index is 912. The van der Waals surface area contributed by atoms with Crippen molar-refractivity contribution in [2.24, 2.45) is 0 Å². The summed E-state index contributed by atoms with van der Waals surface area (Å²) in [5.74, 6) is -1.21. The molecule has 0 bridgehead atoms. The van der Waals surface area contributed by atoms with Gasteiger partial charge in [0.05, 0.1) is 6.42 Å². The van der Waals surface area contributed by atoms with Gasteiger partial charge in [-0.3, -0.25) is 14.4 Å². The molecule has 30 heavy (non-hydrogen) atoms. The van der Waals surface area contributed by atoms with Gasteiger partial charge in [-0.25, -0.2) is 0 Å². The molecule has 0 aromatic heterocycles. The average molecular weight is 411 g/mol. The molecule has 160 valence electrons. The number of aryl methyl sites for hydroxylation is 2. The summed E-state index contributed by atoms with van der Waals surface area (Å²) in [5, 5.41) is 5.38. The van der Waals surface area contributed by atoms with E-state index in [2.05, 4.69) is 31.4 Å². The third kappa shape index (κ3) is 7.03. The Balaban J connectivity index is 1.70.